The molecule has 6 nitrogen and oxygen atoms in total. The first-order valence-corrected chi connectivity index (χ1v) is 4.17. The molecule has 1 aromatic rings. The number of hydrogen-bond acceptors (Lipinski definition) is 2. The zero-order chi connectivity index (χ0) is 11.3. The second-order valence-corrected chi connectivity index (χ2v) is 2.86. The molecule has 0 saturated heterocycles. The van der Waals surface area contributed by atoms with Gasteiger partial charge >= 0.3 is 12.1 Å². The van der Waals surface area contributed by atoms with Gasteiger partial charge in [-0.1, -0.05) is 27.9 Å². The van der Waals surface area contributed by atoms with Crippen molar-refractivity contribution in [1.29, 1.82) is 0 Å². The molecule has 0 aliphatic heterocycles. The Morgan fingerprint density at radius 1 is 1.33 bits per heavy atom. The van der Waals surface area contributed by atoms with Crippen molar-refractivity contribution in [3.8, 4) is 0 Å². The normalized spacial score (nSPS) is 10.2. The van der Waals surface area contributed by atoms with Crippen molar-refractivity contribution < 1.29 is 14.7 Å². The third kappa shape index (κ3) is 4.19. The van der Waals surface area contributed by atoms with Gasteiger partial charge in [0.2, 0.25) is 0 Å². The second-order valence-electron chi connectivity index (χ2n) is 2.42. The van der Waals surface area contributed by atoms with Crippen LogP contribution in [0.5, 0.6) is 0 Å². The van der Waals surface area contributed by atoms with Gasteiger partial charge in [-0.05, 0) is 18.2 Å². The highest BCUT2D eigenvalue weighted by Crippen LogP contribution is 2.14. The summed E-state index contributed by atoms with van der Waals surface area (Å²) >= 11 is 5.66. The predicted molar refractivity (Wildman–Crippen MR) is 53.4 cm³/mol. The summed E-state index contributed by atoms with van der Waals surface area (Å²) < 4.78 is 0. The van der Waals surface area contributed by atoms with E-state index < -0.39 is 12.1 Å². The molecular formula is C8H6ClN3O3. The van der Waals surface area contributed by atoms with Crippen molar-refractivity contribution in [1.82, 2.24) is 0 Å². The van der Waals surface area contributed by atoms with Crippen LogP contribution in [0.1, 0.15) is 0 Å². The Balaban J connectivity index is 2.63. The van der Waals surface area contributed by atoms with Gasteiger partial charge in [0.25, 0.3) is 0 Å². The molecule has 0 fully saturated rings. The van der Waals surface area contributed by atoms with Crippen LogP contribution in [0.2, 0.25) is 5.02 Å². The van der Waals surface area contributed by atoms with Crippen molar-refractivity contribution in [2.24, 2.45) is 10.2 Å². The van der Waals surface area contributed by atoms with E-state index in [4.69, 9.17) is 16.7 Å². The predicted octanol–water partition coefficient (Wildman–Crippen LogP) is 3.00. The van der Waals surface area contributed by atoms with Crippen LogP contribution in [0.3, 0.4) is 0 Å². The number of nitrogens with one attached hydrogen (secondary N) is 1. The lowest BCUT2D eigenvalue weighted by Crippen LogP contribution is -2.05. The van der Waals surface area contributed by atoms with Crippen molar-refractivity contribution in [2.45, 2.75) is 0 Å². The van der Waals surface area contributed by atoms with Crippen LogP contribution >= 0.6 is 11.6 Å². The Morgan fingerprint density at radius 2 is 2.07 bits per heavy atom. The van der Waals surface area contributed by atoms with Crippen molar-refractivity contribution >= 4 is 29.4 Å². The maximum absolute atomic E-state index is 11.0. The van der Waals surface area contributed by atoms with E-state index in [9.17, 15) is 9.59 Å². The summed E-state index contributed by atoms with van der Waals surface area (Å²) in [6.45, 7) is 0. The molecule has 3 amide bonds. The van der Waals surface area contributed by atoms with Crippen LogP contribution in [0, 0.1) is 0 Å². The Morgan fingerprint density at radius 3 is 2.67 bits per heavy atom. The number of rotatable bonds is 1. The lowest BCUT2D eigenvalue weighted by molar-refractivity contribution is 0.203. The van der Waals surface area contributed by atoms with Crippen LogP contribution in [0.15, 0.2) is 34.5 Å². The molecule has 0 saturated carbocycles. The summed E-state index contributed by atoms with van der Waals surface area (Å²) in [5, 5.41) is 16.4. The lowest BCUT2D eigenvalue weighted by atomic mass is 10.3. The molecule has 2 N–H and O–H groups in total. The average Bonchev–Trinajstić information content (AvgIpc) is 2.15. The van der Waals surface area contributed by atoms with E-state index in [0.717, 1.165) is 0 Å². The standard InChI is InChI=1S/C8H6ClN3O3/c9-5-2-1-3-6(4-5)10-7(13)11-12-8(14)15/h1-4H,(H,10,13)(H,14,15). The molecule has 0 aliphatic rings. The fraction of sp³-hybridized carbons (Fsp3) is 0. The number of carbonyl (C=O) groups excluding carboxylic acids is 1. The minimum atomic E-state index is -1.53. The number of benzene rings is 1. The van der Waals surface area contributed by atoms with E-state index in [1.165, 1.54) is 6.07 Å². The van der Waals surface area contributed by atoms with Crippen LogP contribution in [0.25, 0.3) is 0 Å². The number of hydrogen-bond donors (Lipinski definition) is 2. The van der Waals surface area contributed by atoms with E-state index in [-0.39, 0.29) is 0 Å². The molecule has 0 aliphatic carbocycles. The van der Waals surface area contributed by atoms with E-state index in [1.807, 2.05) is 0 Å². The highest BCUT2D eigenvalue weighted by molar-refractivity contribution is 6.30. The average molecular weight is 228 g/mol. The van der Waals surface area contributed by atoms with Gasteiger partial charge in [-0.25, -0.2) is 9.59 Å². The highest BCUT2D eigenvalue weighted by Gasteiger charge is 2.01. The van der Waals surface area contributed by atoms with Crippen LogP contribution in [-0.2, 0) is 0 Å². The zero-order valence-electron chi connectivity index (χ0n) is 7.35. The summed E-state index contributed by atoms with van der Waals surface area (Å²) in [5.74, 6) is 0. The summed E-state index contributed by atoms with van der Waals surface area (Å²) in [7, 11) is 0. The maximum Gasteiger partial charge on any atom is 0.450 e. The Kier molecular flexibility index (Phi) is 3.75. The van der Waals surface area contributed by atoms with Gasteiger partial charge in [0.05, 0.1) is 0 Å². The van der Waals surface area contributed by atoms with E-state index in [0.29, 0.717) is 10.7 Å². The van der Waals surface area contributed by atoms with E-state index in [1.54, 1.807) is 18.2 Å². The second kappa shape index (κ2) is 5.06. The van der Waals surface area contributed by atoms with Gasteiger partial charge in [-0.3, -0.25) is 0 Å². The van der Waals surface area contributed by atoms with E-state index in [2.05, 4.69) is 15.5 Å². The number of azo groups is 1. The number of carbonyl (C=O) groups is 2. The van der Waals surface area contributed by atoms with Crippen LogP contribution < -0.4 is 5.32 Å². The first-order valence-electron chi connectivity index (χ1n) is 3.79. The van der Waals surface area contributed by atoms with Gasteiger partial charge in [0.15, 0.2) is 0 Å². The highest BCUT2D eigenvalue weighted by atomic mass is 35.5. The molecule has 0 radical (unpaired) electrons. The smallest absolute Gasteiger partial charge is 0.450 e. The fourth-order valence-corrected chi connectivity index (χ4v) is 0.993. The minimum absolute atomic E-state index is 0.414. The molecule has 7 heteroatoms. The topological polar surface area (TPSA) is 91.1 Å². The Hall–Kier alpha value is -1.95. The van der Waals surface area contributed by atoms with Crippen molar-refractivity contribution in [2.75, 3.05) is 5.32 Å². The molecule has 0 aromatic heterocycles. The quantitative estimate of drug-likeness (QED) is 0.723. The van der Waals surface area contributed by atoms with E-state index >= 15 is 0 Å². The minimum Gasteiger partial charge on any atom is -0.462 e. The molecule has 0 unspecified atom stereocenters. The lowest BCUT2D eigenvalue weighted by Gasteiger charge is -1.99. The molecule has 78 valence electrons. The zero-order valence-corrected chi connectivity index (χ0v) is 8.10. The molecule has 0 heterocycles. The Bertz CT molecular complexity index is 419. The summed E-state index contributed by atoms with van der Waals surface area (Å²) in [6.07, 6.45) is -1.53. The van der Waals surface area contributed by atoms with Crippen molar-refractivity contribution in [3.05, 3.63) is 29.3 Å². The first kappa shape index (κ1) is 11.1. The molecule has 1 rings (SSSR count). The first-order chi connectivity index (χ1) is 7.08. The molecular weight excluding hydrogens is 222 g/mol. The molecule has 0 spiro atoms. The van der Waals surface area contributed by atoms with Gasteiger partial charge in [-0.15, -0.1) is 0 Å². The van der Waals surface area contributed by atoms with Gasteiger partial charge in [0, 0.05) is 10.7 Å². The summed E-state index contributed by atoms with van der Waals surface area (Å²) in [6, 6.07) is 5.47. The fourth-order valence-electron chi connectivity index (χ4n) is 0.803. The SMILES string of the molecule is O=C(O)N=NC(=O)Nc1cccc(Cl)c1. The van der Waals surface area contributed by atoms with Crippen LogP contribution in [-0.4, -0.2) is 17.2 Å². The number of nitrogens with zero attached hydrogens (tertiary/aromatic N) is 2. The third-order valence-electron chi connectivity index (χ3n) is 1.30. The van der Waals surface area contributed by atoms with Crippen molar-refractivity contribution in [3.63, 3.8) is 0 Å². The largest absolute Gasteiger partial charge is 0.462 e. The van der Waals surface area contributed by atoms with Gasteiger partial charge in [-0.2, -0.15) is 0 Å². The molecule has 0 atom stereocenters. The number of urea groups is 1. The third-order valence-corrected chi connectivity index (χ3v) is 1.54. The van der Waals surface area contributed by atoms with Gasteiger partial charge < -0.3 is 10.4 Å². The monoisotopic (exact) mass is 227 g/mol. The number of carboxylic acid groups (broad SMARTS) is 1. The number of halogens is 1. The number of anilines is 1. The van der Waals surface area contributed by atoms with Gasteiger partial charge in [0.1, 0.15) is 0 Å². The Labute approximate surface area is 89.6 Å². The maximum atomic E-state index is 11.0. The molecule has 0 bridgehead atoms. The molecule has 15 heavy (non-hydrogen) atoms. The summed E-state index contributed by atoms with van der Waals surface area (Å²) in [4.78, 5) is 20.9. The van der Waals surface area contributed by atoms with Crippen LogP contribution in [0.4, 0.5) is 15.3 Å². The summed E-state index contributed by atoms with van der Waals surface area (Å²) in [5.41, 5.74) is 0.414. The number of amides is 3. The molecule has 1 aromatic carbocycles.